The van der Waals surface area contributed by atoms with Crippen molar-refractivity contribution >= 4 is 32.7 Å². The summed E-state index contributed by atoms with van der Waals surface area (Å²) in [5, 5.41) is 11.2. The van der Waals surface area contributed by atoms with E-state index < -0.39 is 33.7 Å². The van der Waals surface area contributed by atoms with Crippen molar-refractivity contribution < 1.29 is 23.1 Å². The third-order valence-corrected chi connectivity index (χ3v) is 5.76. The Morgan fingerprint density at radius 1 is 1.03 bits per heavy atom. The molecule has 10 nitrogen and oxygen atoms in total. The number of carboxylic acids is 1. The van der Waals surface area contributed by atoms with Crippen LogP contribution < -0.4 is 25.3 Å². The second kappa shape index (κ2) is 7.80. The summed E-state index contributed by atoms with van der Waals surface area (Å²) in [5.41, 5.74) is -1.42. The van der Waals surface area contributed by atoms with Crippen LogP contribution in [0, 0.1) is 0 Å². The summed E-state index contributed by atoms with van der Waals surface area (Å²) in [6.07, 6.45) is 0. The van der Waals surface area contributed by atoms with E-state index in [9.17, 15) is 27.9 Å². The van der Waals surface area contributed by atoms with E-state index in [2.05, 4.69) is 9.97 Å². The van der Waals surface area contributed by atoms with Crippen LogP contribution in [0.15, 0.2) is 56.9 Å². The van der Waals surface area contributed by atoms with E-state index in [0.717, 1.165) is 6.07 Å². The second-order valence-electron chi connectivity index (χ2n) is 5.93. The minimum atomic E-state index is -4.33. The van der Waals surface area contributed by atoms with Crippen LogP contribution in [0.25, 0.3) is 11.0 Å². The Morgan fingerprint density at radius 2 is 1.66 bits per heavy atom. The van der Waals surface area contributed by atoms with E-state index in [1.165, 1.54) is 36.4 Å². The average Bonchev–Trinajstić information content (AvgIpc) is 2.67. The normalized spacial score (nSPS) is 11.3. The first-order valence-electron chi connectivity index (χ1n) is 8.44. The van der Waals surface area contributed by atoms with Gasteiger partial charge in [0.1, 0.15) is 5.75 Å². The zero-order valence-corrected chi connectivity index (χ0v) is 16.0. The number of carbonyl (C=O) groups excluding carboxylic acids is 1. The fourth-order valence-electron chi connectivity index (χ4n) is 2.69. The van der Waals surface area contributed by atoms with E-state index >= 15 is 0 Å². The number of hydrogen-bond donors (Lipinski definition) is 2. The highest BCUT2D eigenvalue weighted by molar-refractivity contribution is 7.92. The van der Waals surface area contributed by atoms with Gasteiger partial charge in [0.25, 0.3) is 10.0 Å². The van der Waals surface area contributed by atoms with Crippen molar-refractivity contribution in [3.05, 3.63) is 63.2 Å². The van der Waals surface area contributed by atoms with Crippen molar-refractivity contribution in [2.45, 2.75) is 11.8 Å². The van der Waals surface area contributed by atoms with Crippen molar-refractivity contribution in [2.24, 2.45) is 0 Å². The SMILES string of the molecule is CCOc1ccc(N(CC(=O)[O-])S(=O)(=O)c2ccc3[nH]c(=O)c(=O)[nH]c3c2)cc1. The van der Waals surface area contributed by atoms with Gasteiger partial charge in [-0.2, -0.15) is 0 Å². The summed E-state index contributed by atoms with van der Waals surface area (Å²) >= 11 is 0. The molecule has 0 amide bonds. The van der Waals surface area contributed by atoms with Gasteiger partial charge in [-0.25, -0.2) is 8.42 Å². The first-order valence-corrected chi connectivity index (χ1v) is 9.88. The predicted octanol–water partition coefficient (Wildman–Crippen LogP) is -0.440. The Kier molecular flexibility index (Phi) is 5.41. The van der Waals surface area contributed by atoms with Gasteiger partial charge in [0.05, 0.1) is 40.7 Å². The first-order chi connectivity index (χ1) is 13.7. The maximum Gasteiger partial charge on any atom is 0.314 e. The fourth-order valence-corrected chi connectivity index (χ4v) is 4.13. The van der Waals surface area contributed by atoms with Crippen LogP contribution in [-0.4, -0.2) is 37.5 Å². The van der Waals surface area contributed by atoms with E-state index in [1.807, 2.05) is 0 Å². The number of nitrogens with one attached hydrogen (secondary N) is 2. The minimum Gasteiger partial charge on any atom is -0.548 e. The summed E-state index contributed by atoms with van der Waals surface area (Å²) in [6.45, 7) is 1.28. The van der Waals surface area contributed by atoms with E-state index in [0.29, 0.717) is 16.7 Å². The Labute approximate surface area is 164 Å². The summed E-state index contributed by atoms with van der Waals surface area (Å²) in [7, 11) is -4.33. The zero-order chi connectivity index (χ0) is 21.2. The molecule has 0 spiro atoms. The number of hydrogen-bond acceptors (Lipinski definition) is 7. The van der Waals surface area contributed by atoms with Gasteiger partial charge in [-0.1, -0.05) is 0 Å². The lowest BCUT2D eigenvalue weighted by Gasteiger charge is -2.25. The largest absolute Gasteiger partial charge is 0.548 e. The van der Waals surface area contributed by atoms with Gasteiger partial charge in [0.2, 0.25) is 0 Å². The van der Waals surface area contributed by atoms with Gasteiger partial charge < -0.3 is 24.6 Å². The van der Waals surface area contributed by atoms with E-state index in [1.54, 1.807) is 6.92 Å². The van der Waals surface area contributed by atoms with Gasteiger partial charge in [0, 0.05) is 0 Å². The topological polar surface area (TPSA) is 152 Å². The van der Waals surface area contributed by atoms with Crippen molar-refractivity contribution in [1.82, 2.24) is 9.97 Å². The Balaban J connectivity index is 2.10. The Morgan fingerprint density at radius 3 is 2.24 bits per heavy atom. The Hall–Kier alpha value is -3.60. The van der Waals surface area contributed by atoms with Gasteiger partial charge in [-0.3, -0.25) is 13.9 Å². The van der Waals surface area contributed by atoms with Crippen molar-refractivity contribution in [3.63, 3.8) is 0 Å². The molecule has 3 aromatic rings. The molecule has 0 saturated carbocycles. The number of aliphatic carboxylic acids is 1. The zero-order valence-electron chi connectivity index (χ0n) is 15.2. The number of aromatic amines is 2. The number of aromatic nitrogens is 2. The number of ether oxygens (including phenoxy) is 1. The molecular formula is C18H16N3O7S-. The lowest BCUT2D eigenvalue weighted by atomic mass is 10.3. The monoisotopic (exact) mass is 418 g/mol. The van der Waals surface area contributed by atoms with Crippen molar-refractivity contribution in [3.8, 4) is 5.75 Å². The van der Waals surface area contributed by atoms with Crippen LogP contribution in [0.2, 0.25) is 0 Å². The number of fused-ring (bicyclic) bond motifs is 1. The molecule has 0 bridgehead atoms. The molecule has 0 radical (unpaired) electrons. The molecule has 11 heteroatoms. The lowest BCUT2D eigenvalue weighted by molar-refractivity contribution is -0.303. The molecule has 2 aromatic carbocycles. The van der Waals surface area contributed by atoms with Gasteiger partial charge in [-0.15, -0.1) is 0 Å². The quantitative estimate of drug-likeness (QED) is 0.493. The van der Waals surface area contributed by atoms with Gasteiger partial charge in [0.15, 0.2) is 0 Å². The number of anilines is 1. The molecule has 29 heavy (non-hydrogen) atoms. The second-order valence-corrected chi connectivity index (χ2v) is 7.79. The van der Waals surface area contributed by atoms with Crippen LogP contribution in [0.5, 0.6) is 5.75 Å². The first kappa shape index (κ1) is 20.1. The number of carboxylic acid groups (broad SMARTS) is 1. The van der Waals surface area contributed by atoms with E-state index in [4.69, 9.17) is 4.74 Å². The summed E-state index contributed by atoms with van der Waals surface area (Å²) in [4.78, 5) is 38.4. The molecule has 0 aliphatic rings. The van der Waals surface area contributed by atoms with Crippen LogP contribution >= 0.6 is 0 Å². The molecule has 0 unspecified atom stereocenters. The molecule has 3 rings (SSSR count). The Bertz CT molecular complexity index is 1280. The maximum atomic E-state index is 13.1. The van der Waals surface area contributed by atoms with Crippen molar-refractivity contribution in [2.75, 3.05) is 17.5 Å². The highest BCUT2D eigenvalue weighted by Crippen LogP contribution is 2.26. The van der Waals surface area contributed by atoms with Crippen LogP contribution in [0.1, 0.15) is 6.92 Å². The lowest BCUT2D eigenvalue weighted by Crippen LogP contribution is -2.41. The summed E-state index contributed by atoms with van der Waals surface area (Å²) < 4.78 is 32.2. The van der Waals surface area contributed by atoms with Crippen LogP contribution in [-0.2, 0) is 14.8 Å². The highest BCUT2D eigenvalue weighted by Gasteiger charge is 2.26. The van der Waals surface area contributed by atoms with Crippen LogP contribution in [0.4, 0.5) is 5.69 Å². The molecule has 0 saturated heterocycles. The predicted molar refractivity (Wildman–Crippen MR) is 102 cm³/mol. The molecule has 152 valence electrons. The fraction of sp³-hybridized carbons (Fsp3) is 0.167. The average molecular weight is 418 g/mol. The molecule has 0 fully saturated rings. The number of carbonyl (C=O) groups is 1. The molecule has 0 aliphatic carbocycles. The molecule has 1 aromatic heterocycles. The van der Waals surface area contributed by atoms with Gasteiger partial charge >= 0.3 is 11.1 Å². The molecule has 0 atom stereocenters. The standard InChI is InChI=1S/C18H17N3O7S/c1-2-28-12-5-3-11(4-6-12)21(10-16(22)23)29(26,27)13-7-8-14-15(9-13)20-18(25)17(24)19-14/h3-9H,2,10H2,1H3,(H,19,24)(H,20,25)(H,22,23)/p-1. The van der Waals surface area contributed by atoms with E-state index in [-0.39, 0.29) is 21.6 Å². The molecule has 1 heterocycles. The molecule has 2 N–H and O–H groups in total. The van der Waals surface area contributed by atoms with Crippen LogP contribution in [0.3, 0.4) is 0 Å². The number of sulfonamides is 1. The summed E-state index contributed by atoms with van der Waals surface area (Å²) in [5.74, 6) is -1.10. The third kappa shape index (κ3) is 4.14. The van der Waals surface area contributed by atoms with Gasteiger partial charge in [-0.05, 0) is 49.4 Å². The molecular weight excluding hydrogens is 402 g/mol. The number of H-pyrrole nitrogens is 2. The molecule has 0 aliphatic heterocycles. The highest BCUT2D eigenvalue weighted by atomic mass is 32.2. The number of nitrogens with zero attached hydrogens (tertiary/aromatic N) is 1. The number of benzene rings is 2. The number of rotatable bonds is 7. The maximum absolute atomic E-state index is 13.1. The van der Waals surface area contributed by atoms with Crippen molar-refractivity contribution in [1.29, 1.82) is 0 Å². The minimum absolute atomic E-state index is 0.0794. The smallest absolute Gasteiger partial charge is 0.314 e. The summed E-state index contributed by atoms with van der Waals surface area (Å²) in [6, 6.07) is 9.48. The third-order valence-electron chi connectivity index (χ3n) is 3.99.